The van der Waals surface area contributed by atoms with E-state index in [1.54, 1.807) is 0 Å². The second-order valence-corrected chi connectivity index (χ2v) is 6.50. The van der Waals surface area contributed by atoms with E-state index in [-0.39, 0.29) is 0 Å². The normalized spacial score (nSPS) is 24.1. The molecular weight excluding hydrogens is 308 g/mol. The Bertz CT molecular complexity index is 461. The van der Waals surface area contributed by atoms with Crippen molar-refractivity contribution >= 4 is 38.8 Å². The minimum absolute atomic E-state index is 0.447. The first-order valence-electron chi connectivity index (χ1n) is 6.35. The van der Waals surface area contributed by atoms with E-state index < -0.39 is 0 Å². The van der Waals surface area contributed by atoms with Gasteiger partial charge in [-0.2, -0.15) is 0 Å². The lowest BCUT2D eigenvalue weighted by Gasteiger charge is -2.38. The second kappa shape index (κ2) is 5.57. The summed E-state index contributed by atoms with van der Waals surface area (Å²) < 4.78 is 1.08. The standard InChI is InChI=1S/C14H19BrN2S/c1-9-5-6-17(10(2)7-9)13-4-3-11(14(16)18)8-12(13)15/h3-4,8-10H,5-7H2,1-2H3,(H2,16,18). The molecule has 1 heterocycles. The van der Waals surface area contributed by atoms with E-state index in [9.17, 15) is 0 Å². The molecule has 98 valence electrons. The average molecular weight is 327 g/mol. The van der Waals surface area contributed by atoms with Gasteiger partial charge in [-0.05, 0) is 59.8 Å². The number of hydrogen-bond donors (Lipinski definition) is 1. The molecule has 2 atom stereocenters. The molecule has 18 heavy (non-hydrogen) atoms. The molecule has 1 fully saturated rings. The molecule has 4 heteroatoms. The van der Waals surface area contributed by atoms with E-state index in [0.29, 0.717) is 11.0 Å². The van der Waals surface area contributed by atoms with Gasteiger partial charge in [0.05, 0.1) is 5.69 Å². The third kappa shape index (κ3) is 2.86. The molecule has 2 nitrogen and oxygen atoms in total. The third-order valence-electron chi connectivity index (χ3n) is 3.68. The van der Waals surface area contributed by atoms with Gasteiger partial charge in [-0.25, -0.2) is 0 Å². The highest BCUT2D eigenvalue weighted by Gasteiger charge is 2.24. The molecule has 0 amide bonds. The van der Waals surface area contributed by atoms with Crippen LogP contribution in [-0.4, -0.2) is 17.6 Å². The van der Waals surface area contributed by atoms with Crippen molar-refractivity contribution in [1.82, 2.24) is 0 Å². The monoisotopic (exact) mass is 326 g/mol. The van der Waals surface area contributed by atoms with Crippen molar-refractivity contribution in [2.45, 2.75) is 32.7 Å². The molecule has 0 aromatic heterocycles. The third-order valence-corrected chi connectivity index (χ3v) is 4.55. The average Bonchev–Trinajstić information content (AvgIpc) is 2.30. The van der Waals surface area contributed by atoms with Crippen LogP contribution in [0.15, 0.2) is 22.7 Å². The number of nitrogens with zero attached hydrogens (tertiary/aromatic N) is 1. The summed E-state index contributed by atoms with van der Waals surface area (Å²) >= 11 is 8.64. The molecule has 1 aliphatic rings. The lowest BCUT2D eigenvalue weighted by Crippen LogP contribution is -2.40. The number of thiocarbonyl (C=S) groups is 1. The van der Waals surface area contributed by atoms with E-state index in [4.69, 9.17) is 18.0 Å². The van der Waals surface area contributed by atoms with Crippen LogP contribution in [0.1, 0.15) is 32.3 Å². The quantitative estimate of drug-likeness (QED) is 0.840. The van der Waals surface area contributed by atoms with Crippen LogP contribution in [0.25, 0.3) is 0 Å². The zero-order valence-electron chi connectivity index (χ0n) is 10.8. The summed E-state index contributed by atoms with van der Waals surface area (Å²) in [6.45, 7) is 5.75. The van der Waals surface area contributed by atoms with Crippen molar-refractivity contribution in [3.63, 3.8) is 0 Å². The van der Waals surface area contributed by atoms with Gasteiger partial charge in [-0.3, -0.25) is 0 Å². The summed E-state index contributed by atoms with van der Waals surface area (Å²) in [6.07, 6.45) is 2.51. The van der Waals surface area contributed by atoms with Crippen molar-refractivity contribution in [3.8, 4) is 0 Å². The Balaban J connectivity index is 2.26. The number of halogens is 1. The molecule has 2 rings (SSSR count). The topological polar surface area (TPSA) is 29.3 Å². The van der Waals surface area contributed by atoms with Crippen molar-refractivity contribution in [3.05, 3.63) is 28.2 Å². The number of rotatable bonds is 2. The van der Waals surface area contributed by atoms with Crippen LogP contribution in [-0.2, 0) is 0 Å². The van der Waals surface area contributed by atoms with Gasteiger partial charge in [0.1, 0.15) is 4.99 Å². The Morgan fingerprint density at radius 1 is 1.44 bits per heavy atom. The van der Waals surface area contributed by atoms with Crippen LogP contribution in [0.3, 0.4) is 0 Å². The van der Waals surface area contributed by atoms with Crippen molar-refractivity contribution in [2.24, 2.45) is 11.7 Å². The maximum Gasteiger partial charge on any atom is 0.104 e. The van der Waals surface area contributed by atoms with Gasteiger partial charge in [-0.1, -0.05) is 19.1 Å². The summed E-state index contributed by atoms with van der Waals surface area (Å²) in [5.74, 6) is 0.825. The van der Waals surface area contributed by atoms with Crippen LogP contribution in [0.2, 0.25) is 0 Å². The number of piperidine rings is 1. The Morgan fingerprint density at radius 2 is 2.17 bits per heavy atom. The van der Waals surface area contributed by atoms with Crippen LogP contribution in [0.4, 0.5) is 5.69 Å². The van der Waals surface area contributed by atoms with E-state index in [0.717, 1.165) is 22.5 Å². The van der Waals surface area contributed by atoms with E-state index in [1.807, 2.05) is 12.1 Å². The maximum absolute atomic E-state index is 5.65. The lowest BCUT2D eigenvalue weighted by atomic mass is 9.93. The van der Waals surface area contributed by atoms with Gasteiger partial charge in [0.15, 0.2) is 0 Å². The molecule has 1 saturated heterocycles. The summed E-state index contributed by atoms with van der Waals surface area (Å²) in [4.78, 5) is 2.91. The highest BCUT2D eigenvalue weighted by molar-refractivity contribution is 9.10. The molecule has 0 aliphatic carbocycles. The fourth-order valence-electron chi connectivity index (χ4n) is 2.66. The predicted molar refractivity (Wildman–Crippen MR) is 85.2 cm³/mol. The minimum Gasteiger partial charge on any atom is -0.389 e. The molecule has 0 saturated carbocycles. The number of hydrogen-bond acceptors (Lipinski definition) is 2. The molecule has 0 radical (unpaired) electrons. The molecule has 2 N–H and O–H groups in total. The van der Waals surface area contributed by atoms with Crippen molar-refractivity contribution in [1.29, 1.82) is 0 Å². The van der Waals surface area contributed by atoms with E-state index >= 15 is 0 Å². The van der Waals surface area contributed by atoms with Crippen molar-refractivity contribution in [2.75, 3.05) is 11.4 Å². The highest BCUT2D eigenvalue weighted by atomic mass is 79.9. The zero-order chi connectivity index (χ0) is 13.3. The summed E-state index contributed by atoms with van der Waals surface area (Å²) in [7, 11) is 0. The first-order valence-corrected chi connectivity index (χ1v) is 7.55. The van der Waals surface area contributed by atoms with Gasteiger partial charge in [0.25, 0.3) is 0 Å². The van der Waals surface area contributed by atoms with Crippen LogP contribution in [0, 0.1) is 5.92 Å². The maximum atomic E-state index is 5.65. The van der Waals surface area contributed by atoms with E-state index in [1.165, 1.54) is 18.5 Å². The van der Waals surface area contributed by atoms with Gasteiger partial charge < -0.3 is 10.6 Å². The highest BCUT2D eigenvalue weighted by Crippen LogP contribution is 2.33. The molecule has 0 spiro atoms. The first kappa shape index (κ1) is 13.8. The van der Waals surface area contributed by atoms with Crippen LogP contribution in [0.5, 0.6) is 0 Å². The van der Waals surface area contributed by atoms with Gasteiger partial charge in [0.2, 0.25) is 0 Å². The largest absolute Gasteiger partial charge is 0.389 e. The Hall–Kier alpha value is -0.610. The lowest BCUT2D eigenvalue weighted by molar-refractivity contribution is 0.377. The molecule has 2 unspecified atom stereocenters. The van der Waals surface area contributed by atoms with Crippen LogP contribution >= 0.6 is 28.1 Å². The van der Waals surface area contributed by atoms with Gasteiger partial charge >= 0.3 is 0 Å². The second-order valence-electron chi connectivity index (χ2n) is 5.20. The molecular formula is C14H19BrN2S. The minimum atomic E-state index is 0.447. The Morgan fingerprint density at radius 3 is 2.72 bits per heavy atom. The molecule has 0 bridgehead atoms. The first-order chi connectivity index (χ1) is 8.49. The summed E-state index contributed by atoms with van der Waals surface area (Å²) in [5.41, 5.74) is 7.81. The number of nitrogens with two attached hydrogens (primary N) is 1. The Kier molecular flexibility index (Phi) is 4.28. The molecule has 1 aromatic rings. The smallest absolute Gasteiger partial charge is 0.104 e. The van der Waals surface area contributed by atoms with Gasteiger partial charge in [-0.15, -0.1) is 0 Å². The number of anilines is 1. The van der Waals surface area contributed by atoms with Crippen molar-refractivity contribution < 1.29 is 0 Å². The fourth-order valence-corrected chi connectivity index (χ4v) is 3.39. The van der Waals surface area contributed by atoms with Gasteiger partial charge in [0, 0.05) is 22.6 Å². The fraction of sp³-hybridized carbons (Fsp3) is 0.500. The Labute approximate surface area is 123 Å². The zero-order valence-corrected chi connectivity index (χ0v) is 13.2. The number of benzene rings is 1. The molecule has 1 aromatic carbocycles. The summed E-state index contributed by atoms with van der Waals surface area (Å²) in [6, 6.07) is 6.72. The SMILES string of the molecule is CC1CCN(c2ccc(C(N)=S)cc2Br)C(C)C1. The predicted octanol–water partition coefficient (Wildman–Crippen LogP) is 3.71. The van der Waals surface area contributed by atoms with E-state index in [2.05, 4.69) is 40.7 Å². The summed E-state index contributed by atoms with van der Waals surface area (Å²) in [5, 5.41) is 0. The van der Waals surface area contributed by atoms with Crippen LogP contribution < -0.4 is 10.6 Å². The molecule has 1 aliphatic heterocycles.